The van der Waals surface area contributed by atoms with Crippen molar-refractivity contribution in [2.75, 3.05) is 18.4 Å². The molecular weight excluding hydrogens is 402 g/mol. The smallest absolute Gasteiger partial charge is 0.388 e. The van der Waals surface area contributed by atoms with Gasteiger partial charge in [-0.15, -0.1) is 13.2 Å². The highest BCUT2D eigenvalue weighted by molar-refractivity contribution is 5.90. The number of allylic oxidation sites excluding steroid dienone is 4. The molecule has 1 aliphatic heterocycles. The van der Waals surface area contributed by atoms with Gasteiger partial charge in [-0.3, -0.25) is 4.79 Å². The Morgan fingerprint density at radius 2 is 1.97 bits per heavy atom. The minimum Gasteiger partial charge on any atom is -0.388 e. The van der Waals surface area contributed by atoms with Gasteiger partial charge in [0.15, 0.2) is 5.83 Å². The maximum absolute atomic E-state index is 13.1. The SMILES string of the molecule is C=C(F)C(=O)N1CCC(/C(=C/C=C\C)C(=C)Nc2ccc(OC(F)(F)F)nc2)CC1. The molecule has 5 nitrogen and oxygen atoms in total. The van der Waals surface area contributed by atoms with E-state index < -0.39 is 24.0 Å². The van der Waals surface area contributed by atoms with E-state index in [9.17, 15) is 22.4 Å². The highest BCUT2D eigenvalue weighted by Gasteiger charge is 2.31. The Morgan fingerprint density at radius 3 is 2.47 bits per heavy atom. The lowest BCUT2D eigenvalue weighted by atomic mass is 9.87. The molecule has 0 unspecified atom stereocenters. The molecule has 1 fully saturated rings. The molecule has 1 N–H and O–H groups in total. The second-order valence-electron chi connectivity index (χ2n) is 6.66. The summed E-state index contributed by atoms with van der Waals surface area (Å²) >= 11 is 0. The monoisotopic (exact) mass is 425 g/mol. The van der Waals surface area contributed by atoms with Gasteiger partial charge < -0.3 is 15.0 Å². The number of ether oxygens (including phenoxy) is 1. The highest BCUT2D eigenvalue weighted by atomic mass is 19.4. The van der Waals surface area contributed by atoms with Crippen LogP contribution in [0.25, 0.3) is 0 Å². The van der Waals surface area contributed by atoms with E-state index in [-0.39, 0.29) is 5.92 Å². The van der Waals surface area contributed by atoms with Crippen molar-refractivity contribution < 1.29 is 27.1 Å². The van der Waals surface area contributed by atoms with E-state index in [1.165, 1.54) is 17.2 Å². The Morgan fingerprint density at radius 1 is 1.30 bits per heavy atom. The zero-order chi connectivity index (χ0) is 22.3. The first-order chi connectivity index (χ1) is 14.1. The van der Waals surface area contributed by atoms with Crippen molar-refractivity contribution in [3.05, 3.63) is 66.8 Å². The number of nitrogens with zero attached hydrogens (tertiary/aromatic N) is 2. The third kappa shape index (κ3) is 6.75. The van der Waals surface area contributed by atoms with E-state index in [0.29, 0.717) is 37.3 Å². The number of likely N-dealkylation sites (tertiary alicyclic amines) is 1. The van der Waals surface area contributed by atoms with Crippen molar-refractivity contribution in [3.63, 3.8) is 0 Å². The molecule has 162 valence electrons. The number of pyridine rings is 1. The summed E-state index contributed by atoms with van der Waals surface area (Å²) in [6, 6.07) is 2.51. The zero-order valence-corrected chi connectivity index (χ0v) is 16.5. The van der Waals surface area contributed by atoms with Crippen molar-refractivity contribution in [2.24, 2.45) is 5.92 Å². The van der Waals surface area contributed by atoms with Gasteiger partial charge in [0.2, 0.25) is 5.88 Å². The molecule has 30 heavy (non-hydrogen) atoms. The number of piperidine rings is 1. The predicted octanol–water partition coefficient (Wildman–Crippen LogP) is 5.13. The molecule has 0 radical (unpaired) electrons. The second-order valence-corrected chi connectivity index (χ2v) is 6.66. The molecule has 1 aliphatic rings. The lowest BCUT2D eigenvalue weighted by Gasteiger charge is -2.33. The Balaban J connectivity index is 2.06. The third-order valence-electron chi connectivity index (χ3n) is 4.52. The summed E-state index contributed by atoms with van der Waals surface area (Å²) < 4.78 is 53.6. The molecule has 0 atom stereocenters. The third-order valence-corrected chi connectivity index (χ3v) is 4.52. The molecule has 1 amide bonds. The number of aromatic nitrogens is 1. The van der Waals surface area contributed by atoms with E-state index in [0.717, 1.165) is 11.6 Å². The van der Waals surface area contributed by atoms with Gasteiger partial charge in [0, 0.05) is 24.9 Å². The van der Waals surface area contributed by atoms with Gasteiger partial charge in [0.05, 0.1) is 11.9 Å². The summed E-state index contributed by atoms with van der Waals surface area (Å²) in [7, 11) is 0. The van der Waals surface area contributed by atoms with Crippen LogP contribution in [0.15, 0.2) is 66.8 Å². The number of alkyl halides is 3. The van der Waals surface area contributed by atoms with Gasteiger partial charge in [-0.05, 0) is 37.3 Å². The van der Waals surface area contributed by atoms with Gasteiger partial charge in [0.25, 0.3) is 5.91 Å². The van der Waals surface area contributed by atoms with Crippen LogP contribution in [0.5, 0.6) is 5.88 Å². The standard InChI is InChI=1S/C21H23F4N3O2/c1-4-5-6-18(16-9-11-28(12-10-16)20(29)14(2)22)15(3)27-17-7-8-19(26-13-17)30-21(23,24)25/h4-8,13,16,27H,2-3,9-12H2,1H3/b5-4-,18-6+. The first-order valence-corrected chi connectivity index (χ1v) is 9.25. The highest BCUT2D eigenvalue weighted by Crippen LogP contribution is 2.31. The van der Waals surface area contributed by atoms with Crippen LogP contribution in [-0.2, 0) is 4.79 Å². The summed E-state index contributed by atoms with van der Waals surface area (Å²) in [5, 5.41) is 3.04. The normalized spacial score (nSPS) is 15.9. The van der Waals surface area contributed by atoms with Gasteiger partial charge in [-0.2, -0.15) is 0 Å². The van der Waals surface area contributed by atoms with E-state index in [1.807, 2.05) is 25.2 Å². The van der Waals surface area contributed by atoms with Crippen molar-refractivity contribution in [1.29, 1.82) is 0 Å². The lowest BCUT2D eigenvalue weighted by molar-refractivity contribution is -0.276. The average molecular weight is 425 g/mol. The Bertz CT molecular complexity index is 837. The van der Waals surface area contributed by atoms with Crippen molar-refractivity contribution >= 4 is 11.6 Å². The summed E-state index contributed by atoms with van der Waals surface area (Å²) in [6.07, 6.45) is 3.22. The molecule has 1 saturated heterocycles. The summed E-state index contributed by atoms with van der Waals surface area (Å²) in [5.74, 6) is -2.17. The maximum atomic E-state index is 13.1. The Hall–Kier alpha value is -3.10. The molecule has 0 spiro atoms. The van der Waals surface area contributed by atoms with E-state index >= 15 is 0 Å². The molecule has 0 bridgehead atoms. The van der Waals surface area contributed by atoms with Crippen LogP contribution < -0.4 is 10.1 Å². The molecule has 2 heterocycles. The van der Waals surface area contributed by atoms with Crippen molar-refractivity contribution in [3.8, 4) is 5.88 Å². The van der Waals surface area contributed by atoms with Gasteiger partial charge in [0.1, 0.15) is 0 Å². The Labute approximate surface area is 172 Å². The summed E-state index contributed by atoms with van der Waals surface area (Å²) in [4.78, 5) is 16.8. The number of hydrogen-bond donors (Lipinski definition) is 1. The van der Waals surface area contributed by atoms with Crippen LogP contribution >= 0.6 is 0 Å². The molecular formula is C21H23F4N3O2. The molecule has 0 aromatic carbocycles. The van der Waals surface area contributed by atoms with Gasteiger partial charge >= 0.3 is 6.36 Å². The average Bonchev–Trinajstić information content (AvgIpc) is 2.68. The van der Waals surface area contributed by atoms with E-state index in [4.69, 9.17) is 0 Å². The minimum absolute atomic E-state index is 0.0684. The van der Waals surface area contributed by atoms with Crippen LogP contribution in [0.4, 0.5) is 23.2 Å². The number of carbonyl (C=O) groups excluding carboxylic acids is 1. The van der Waals surface area contributed by atoms with Crippen molar-refractivity contribution in [2.45, 2.75) is 26.1 Å². The van der Waals surface area contributed by atoms with Crippen LogP contribution in [-0.4, -0.2) is 35.2 Å². The Kier molecular flexibility index (Phi) is 7.79. The van der Waals surface area contributed by atoms with Crippen LogP contribution in [0.2, 0.25) is 0 Å². The fraction of sp³-hybridized carbons (Fsp3) is 0.333. The molecule has 0 saturated carbocycles. The number of carbonyl (C=O) groups is 1. The predicted molar refractivity (Wildman–Crippen MR) is 106 cm³/mol. The molecule has 9 heteroatoms. The molecule has 1 aromatic heterocycles. The number of halogens is 4. The van der Waals surface area contributed by atoms with E-state index in [2.05, 4.69) is 28.2 Å². The maximum Gasteiger partial charge on any atom is 0.574 e. The summed E-state index contributed by atoms with van der Waals surface area (Å²) in [5.41, 5.74) is 1.89. The first-order valence-electron chi connectivity index (χ1n) is 9.25. The topological polar surface area (TPSA) is 54.5 Å². The number of hydrogen-bond acceptors (Lipinski definition) is 4. The van der Waals surface area contributed by atoms with Crippen LogP contribution in [0.1, 0.15) is 19.8 Å². The molecule has 0 aliphatic carbocycles. The first kappa shape index (κ1) is 23.2. The van der Waals surface area contributed by atoms with Gasteiger partial charge in [-0.25, -0.2) is 9.37 Å². The largest absolute Gasteiger partial charge is 0.574 e. The molecule has 2 rings (SSSR count). The minimum atomic E-state index is -4.81. The zero-order valence-electron chi connectivity index (χ0n) is 16.5. The second kappa shape index (κ2) is 10.1. The molecule has 1 aromatic rings. The number of amides is 1. The quantitative estimate of drug-likeness (QED) is 0.374. The summed E-state index contributed by atoms with van der Waals surface area (Å²) in [6.45, 7) is 9.72. The number of rotatable bonds is 7. The number of nitrogens with one attached hydrogen (secondary N) is 1. The van der Waals surface area contributed by atoms with Crippen molar-refractivity contribution in [1.82, 2.24) is 9.88 Å². The van der Waals surface area contributed by atoms with E-state index in [1.54, 1.807) is 0 Å². The van der Waals surface area contributed by atoms with Gasteiger partial charge in [-0.1, -0.05) is 31.4 Å². The number of anilines is 1. The lowest BCUT2D eigenvalue weighted by Crippen LogP contribution is -2.39. The van der Waals surface area contributed by atoms with Crippen LogP contribution in [0.3, 0.4) is 0 Å². The fourth-order valence-electron chi connectivity index (χ4n) is 3.13. The van der Waals surface area contributed by atoms with Crippen LogP contribution in [0, 0.1) is 5.92 Å². The fourth-order valence-corrected chi connectivity index (χ4v) is 3.13.